The number of fused-ring (bicyclic) bond motifs is 2. The molecule has 0 bridgehead atoms. The highest BCUT2D eigenvalue weighted by Crippen LogP contribution is 2.27. The van der Waals surface area contributed by atoms with Crippen LogP contribution in [0.25, 0.3) is 21.8 Å². The fourth-order valence-electron chi connectivity index (χ4n) is 4.26. The average molecular weight is 448 g/mol. The van der Waals surface area contributed by atoms with Gasteiger partial charge in [-0.2, -0.15) is 0 Å². The fourth-order valence-corrected chi connectivity index (χ4v) is 4.26. The first kappa shape index (κ1) is 21.8. The predicted molar refractivity (Wildman–Crippen MR) is 118 cm³/mol. The van der Waals surface area contributed by atoms with Gasteiger partial charge in [0, 0.05) is 47.3 Å². The summed E-state index contributed by atoms with van der Waals surface area (Å²) in [6, 6.07) is 13.7. The van der Waals surface area contributed by atoms with E-state index in [1.165, 1.54) is 0 Å². The second-order valence-corrected chi connectivity index (χ2v) is 7.61. The minimum Gasteiger partial charge on any atom is -0.478 e. The molecule has 0 amide bonds. The van der Waals surface area contributed by atoms with Crippen molar-refractivity contribution in [2.75, 3.05) is 0 Å². The molecule has 4 rings (SSSR count). The molecule has 168 valence electrons. The van der Waals surface area contributed by atoms with Gasteiger partial charge in [-0.15, -0.1) is 0 Å². The van der Waals surface area contributed by atoms with Gasteiger partial charge in [0.25, 0.3) is 0 Å². The highest BCUT2D eigenvalue weighted by molar-refractivity contribution is 6.07. The predicted octanol–water partition coefficient (Wildman–Crippen LogP) is 2.92. The van der Waals surface area contributed by atoms with Crippen LogP contribution in [0.5, 0.6) is 0 Å². The maximum absolute atomic E-state index is 12.5. The molecule has 0 aliphatic carbocycles. The van der Waals surface area contributed by atoms with Crippen molar-refractivity contribution in [3.63, 3.8) is 0 Å². The van der Waals surface area contributed by atoms with Crippen molar-refractivity contribution >= 4 is 45.7 Å². The van der Waals surface area contributed by atoms with Crippen LogP contribution in [0.4, 0.5) is 0 Å². The SMILES string of the molecule is Cn1c(CC(=O)OC(=O)Cc2c(C(=O)O)c3ccccc3n2C)c(C(=O)O)c2ccccc21. The minimum atomic E-state index is -1.19. The van der Waals surface area contributed by atoms with Crippen LogP contribution < -0.4 is 0 Å². The minimum absolute atomic E-state index is 0.0284. The third kappa shape index (κ3) is 3.73. The van der Waals surface area contributed by atoms with E-state index >= 15 is 0 Å². The summed E-state index contributed by atoms with van der Waals surface area (Å²) < 4.78 is 8.10. The molecule has 2 aromatic heterocycles. The van der Waals surface area contributed by atoms with E-state index in [0.717, 1.165) is 0 Å². The van der Waals surface area contributed by atoms with Gasteiger partial charge < -0.3 is 24.1 Å². The number of carboxylic acid groups (broad SMARTS) is 2. The topological polar surface area (TPSA) is 128 Å². The normalized spacial score (nSPS) is 11.1. The summed E-state index contributed by atoms with van der Waals surface area (Å²) in [5.74, 6) is -4.24. The largest absolute Gasteiger partial charge is 0.478 e. The summed E-state index contributed by atoms with van der Waals surface area (Å²) in [7, 11) is 3.27. The Balaban J connectivity index is 1.59. The van der Waals surface area contributed by atoms with E-state index in [9.17, 15) is 29.4 Å². The van der Waals surface area contributed by atoms with Crippen LogP contribution in [-0.4, -0.2) is 43.2 Å². The molecule has 0 fully saturated rings. The van der Waals surface area contributed by atoms with Crippen molar-refractivity contribution < 1.29 is 34.1 Å². The number of aromatic carboxylic acids is 2. The van der Waals surface area contributed by atoms with E-state index in [4.69, 9.17) is 4.74 Å². The Labute approximate surface area is 187 Å². The maximum atomic E-state index is 12.5. The summed E-state index contributed by atoms with van der Waals surface area (Å²) in [6.07, 6.45) is -0.862. The molecule has 2 aromatic carbocycles. The van der Waals surface area contributed by atoms with Crippen LogP contribution in [0.1, 0.15) is 32.1 Å². The number of esters is 2. The van der Waals surface area contributed by atoms with E-state index < -0.39 is 36.7 Å². The molecule has 2 heterocycles. The first-order valence-corrected chi connectivity index (χ1v) is 10.0. The van der Waals surface area contributed by atoms with E-state index in [-0.39, 0.29) is 22.5 Å². The van der Waals surface area contributed by atoms with Gasteiger partial charge in [0.05, 0.1) is 24.0 Å². The lowest BCUT2D eigenvalue weighted by Crippen LogP contribution is -2.20. The molecule has 9 nitrogen and oxygen atoms in total. The van der Waals surface area contributed by atoms with Crippen LogP contribution in [0, 0.1) is 0 Å². The zero-order valence-corrected chi connectivity index (χ0v) is 17.9. The van der Waals surface area contributed by atoms with Gasteiger partial charge >= 0.3 is 23.9 Å². The molecule has 0 saturated carbocycles. The third-order valence-corrected chi connectivity index (χ3v) is 5.74. The van der Waals surface area contributed by atoms with Crippen LogP contribution in [-0.2, 0) is 41.3 Å². The Hall–Kier alpha value is -4.40. The molecule has 0 unspecified atom stereocenters. The van der Waals surface area contributed by atoms with Crippen molar-refractivity contribution in [2.24, 2.45) is 14.1 Å². The van der Waals surface area contributed by atoms with Gasteiger partial charge in [-0.05, 0) is 12.1 Å². The maximum Gasteiger partial charge on any atom is 0.338 e. The van der Waals surface area contributed by atoms with Crippen LogP contribution in [0.2, 0.25) is 0 Å². The summed E-state index contributed by atoms with van der Waals surface area (Å²) in [6.45, 7) is 0. The molecule has 2 N–H and O–H groups in total. The molecule has 0 radical (unpaired) electrons. The number of carbonyl (C=O) groups is 4. The van der Waals surface area contributed by atoms with E-state index in [1.807, 2.05) is 0 Å². The average Bonchev–Trinajstić information content (AvgIpc) is 3.20. The number of hydrogen-bond acceptors (Lipinski definition) is 5. The van der Waals surface area contributed by atoms with Gasteiger partial charge in [0.2, 0.25) is 0 Å². The molecule has 33 heavy (non-hydrogen) atoms. The molecule has 0 saturated heterocycles. The van der Waals surface area contributed by atoms with E-state index in [2.05, 4.69) is 0 Å². The molecule has 0 aliphatic heterocycles. The van der Waals surface area contributed by atoms with Crippen molar-refractivity contribution in [3.8, 4) is 0 Å². The monoisotopic (exact) mass is 448 g/mol. The van der Waals surface area contributed by atoms with Crippen molar-refractivity contribution in [1.29, 1.82) is 0 Å². The standard InChI is InChI=1S/C24H20N2O7/c1-25-15-9-5-3-7-13(15)21(23(29)30)17(25)11-19(27)33-20(28)12-18-22(24(31)32)14-8-4-6-10-16(14)26(18)2/h3-10H,11-12H2,1-2H3,(H,29,30)(H,31,32). The first-order chi connectivity index (χ1) is 15.7. The highest BCUT2D eigenvalue weighted by Gasteiger charge is 2.26. The molecule has 9 heteroatoms. The number of hydrogen-bond donors (Lipinski definition) is 2. The van der Waals surface area contributed by atoms with Crippen LogP contribution >= 0.6 is 0 Å². The second-order valence-electron chi connectivity index (χ2n) is 7.61. The van der Waals surface area contributed by atoms with Gasteiger partial charge in [0.1, 0.15) is 0 Å². The van der Waals surface area contributed by atoms with Crippen molar-refractivity contribution in [2.45, 2.75) is 12.8 Å². The number of nitrogens with zero attached hydrogens (tertiary/aromatic N) is 2. The number of aryl methyl sites for hydroxylation is 2. The number of para-hydroxylation sites is 2. The Bertz CT molecular complexity index is 1350. The third-order valence-electron chi connectivity index (χ3n) is 5.74. The zero-order chi connectivity index (χ0) is 23.9. The lowest BCUT2D eigenvalue weighted by molar-refractivity contribution is -0.158. The number of ether oxygens (including phenoxy) is 1. The van der Waals surface area contributed by atoms with Gasteiger partial charge in [0.15, 0.2) is 0 Å². The lowest BCUT2D eigenvalue weighted by Gasteiger charge is -2.08. The summed E-state index contributed by atoms with van der Waals surface area (Å²) >= 11 is 0. The van der Waals surface area contributed by atoms with Gasteiger partial charge in [-0.1, -0.05) is 36.4 Å². The van der Waals surface area contributed by atoms with Crippen molar-refractivity contribution in [1.82, 2.24) is 9.13 Å². The van der Waals surface area contributed by atoms with Gasteiger partial charge in [-0.3, -0.25) is 9.59 Å². The van der Waals surface area contributed by atoms with Crippen LogP contribution in [0.15, 0.2) is 48.5 Å². The van der Waals surface area contributed by atoms with Crippen molar-refractivity contribution in [3.05, 3.63) is 71.0 Å². The van der Waals surface area contributed by atoms with Crippen LogP contribution in [0.3, 0.4) is 0 Å². The molecule has 0 spiro atoms. The Morgan fingerprint density at radius 2 is 1.06 bits per heavy atom. The lowest BCUT2D eigenvalue weighted by atomic mass is 10.1. The summed E-state index contributed by atoms with van der Waals surface area (Å²) in [5, 5.41) is 20.3. The molecule has 0 atom stereocenters. The number of rotatable bonds is 6. The molecular weight excluding hydrogens is 428 g/mol. The van der Waals surface area contributed by atoms with E-state index in [1.54, 1.807) is 71.8 Å². The second kappa shape index (κ2) is 8.27. The Morgan fingerprint density at radius 1 is 0.697 bits per heavy atom. The molecule has 0 aliphatic rings. The number of benzene rings is 2. The summed E-state index contributed by atoms with van der Waals surface area (Å²) in [5.41, 5.74) is 1.62. The molecular formula is C24H20N2O7. The first-order valence-electron chi connectivity index (χ1n) is 10.0. The summed E-state index contributed by atoms with van der Waals surface area (Å²) in [4.78, 5) is 48.7. The number of aromatic nitrogens is 2. The fraction of sp³-hybridized carbons (Fsp3) is 0.167. The molecule has 4 aromatic rings. The zero-order valence-electron chi connectivity index (χ0n) is 17.9. The number of carbonyl (C=O) groups excluding carboxylic acids is 2. The number of carboxylic acids is 2. The smallest absolute Gasteiger partial charge is 0.338 e. The van der Waals surface area contributed by atoms with E-state index in [0.29, 0.717) is 21.8 Å². The van der Waals surface area contributed by atoms with Gasteiger partial charge in [-0.25, -0.2) is 9.59 Å². The Morgan fingerprint density at radius 3 is 1.42 bits per heavy atom. The quantitative estimate of drug-likeness (QED) is 0.343. The Kier molecular flexibility index (Phi) is 5.47. The highest BCUT2D eigenvalue weighted by atomic mass is 16.6.